The molecule has 0 saturated heterocycles. The number of aromatic nitrogens is 3. The van der Waals surface area contributed by atoms with E-state index in [1.165, 1.54) is 24.5 Å². The van der Waals surface area contributed by atoms with Gasteiger partial charge in [-0.25, -0.2) is 22.8 Å². The first kappa shape index (κ1) is 22.1. The fourth-order valence-corrected chi connectivity index (χ4v) is 5.15. The first-order valence-electron chi connectivity index (χ1n) is 9.84. The molecule has 12 heteroatoms. The van der Waals surface area contributed by atoms with Gasteiger partial charge in [-0.1, -0.05) is 6.07 Å². The van der Waals surface area contributed by atoms with Gasteiger partial charge in [0.15, 0.2) is 5.13 Å². The maximum atomic E-state index is 14.6. The molecule has 1 aliphatic carbocycles. The van der Waals surface area contributed by atoms with E-state index in [9.17, 15) is 17.6 Å². The van der Waals surface area contributed by atoms with Gasteiger partial charge in [0.25, 0.3) is 5.91 Å². The summed E-state index contributed by atoms with van der Waals surface area (Å²) < 4.78 is 46.3. The Morgan fingerprint density at radius 1 is 1.28 bits per heavy atom. The van der Waals surface area contributed by atoms with E-state index in [0.717, 1.165) is 11.3 Å². The second-order valence-corrected chi connectivity index (χ2v) is 9.86. The molecule has 0 aliphatic heterocycles. The molecule has 168 valence electrons. The van der Waals surface area contributed by atoms with Gasteiger partial charge in [-0.15, -0.1) is 11.3 Å². The number of benzene rings is 1. The van der Waals surface area contributed by atoms with Crippen LogP contribution in [0, 0.1) is 5.82 Å². The van der Waals surface area contributed by atoms with Crippen LogP contribution in [0.1, 0.15) is 35.8 Å². The number of carbonyl (C=O) groups excluding carboxylic acids is 1. The van der Waals surface area contributed by atoms with Crippen molar-refractivity contribution >= 4 is 32.4 Å². The Morgan fingerprint density at radius 2 is 2.09 bits per heavy atom. The van der Waals surface area contributed by atoms with Crippen LogP contribution in [-0.2, 0) is 16.6 Å². The Labute approximate surface area is 188 Å². The monoisotopic (exact) mass is 477 g/mol. The van der Waals surface area contributed by atoms with Crippen molar-refractivity contribution in [2.45, 2.75) is 31.6 Å². The Kier molecular flexibility index (Phi) is 6.33. The maximum absolute atomic E-state index is 14.6. The third-order valence-electron chi connectivity index (χ3n) is 4.59. The fourth-order valence-electron chi connectivity index (χ4n) is 2.85. The Balaban J connectivity index is 1.39. The van der Waals surface area contributed by atoms with Crippen LogP contribution in [0.4, 0.5) is 9.52 Å². The third kappa shape index (κ3) is 5.19. The zero-order valence-electron chi connectivity index (χ0n) is 17.0. The molecule has 1 fully saturated rings. The average Bonchev–Trinajstić information content (AvgIpc) is 3.54. The molecule has 3 aromatic rings. The van der Waals surface area contributed by atoms with Crippen molar-refractivity contribution in [1.29, 1.82) is 0 Å². The predicted molar refractivity (Wildman–Crippen MR) is 117 cm³/mol. The topological polar surface area (TPSA) is 123 Å². The molecule has 32 heavy (non-hydrogen) atoms. The minimum Gasteiger partial charge on any atom is -0.477 e. The van der Waals surface area contributed by atoms with Crippen LogP contribution in [0.5, 0.6) is 5.88 Å². The summed E-state index contributed by atoms with van der Waals surface area (Å²) in [4.78, 5) is 24.9. The molecule has 2 heterocycles. The largest absolute Gasteiger partial charge is 0.477 e. The molecule has 0 spiro atoms. The van der Waals surface area contributed by atoms with Gasteiger partial charge < -0.3 is 10.1 Å². The molecule has 2 aromatic heterocycles. The number of hydrogen-bond donors (Lipinski definition) is 2. The average molecular weight is 478 g/mol. The van der Waals surface area contributed by atoms with Gasteiger partial charge in [0, 0.05) is 10.9 Å². The number of thiazole rings is 1. The molecule has 0 atom stereocenters. The van der Waals surface area contributed by atoms with Crippen molar-refractivity contribution in [3.05, 3.63) is 53.0 Å². The Morgan fingerprint density at radius 3 is 2.81 bits per heavy atom. The highest BCUT2D eigenvalue weighted by Gasteiger charge is 2.36. The molecule has 2 N–H and O–H groups in total. The molecule has 1 amide bonds. The molecule has 1 saturated carbocycles. The van der Waals surface area contributed by atoms with Crippen LogP contribution in [-0.4, -0.2) is 41.1 Å². The molecular formula is C20H20FN5O4S2. The highest BCUT2D eigenvalue weighted by atomic mass is 32.2. The molecule has 9 nitrogen and oxygen atoms in total. The Hall–Kier alpha value is -3.12. The van der Waals surface area contributed by atoms with E-state index in [1.807, 2.05) is 6.92 Å². The molecular weight excluding hydrogens is 457 g/mol. The van der Waals surface area contributed by atoms with Crippen LogP contribution in [0.25, 0.3) is 11.3 Å². The summed E-state index contributed by atoms with van der Waals surface area (Å²) in [6.45, 7) is 2.28. The van der Waals surface area contributed by atoms with Crippen LogP contribution in [0.2, 0.25) is 0 Å². The van der Waals surface area contributed by atoms with Crippen molar-refractivity contribution in [3.8, 4) is 17.1 Å². The SMILES string of the molecule is CCOc1cncc(-c2ccc(C(=O)NCc3csc(NS(=O)(=O)C4CC4)n3)c(F)c2)n1. The summed E-state index contributed by atoms with van der Waals surface area (Å²) in [5.41, 5.74) is 1.22. The molecule has 0 radical (unpaired) electrons. The lowest BCUT2D eigenvalue weighted by atomic mass is 10.1. The number of sulfonamides is 1. The lowest BCUT2D eigenvalue weighted by Crippen LogP contribution is -2.24. The number of amides is 1. The number of carbonyl (C=O) groups is 1. The number of hydrogen-bond acceptors (Lipinski definition) is 8. The van der Waals surface area contributed by atoms with Crippen molar-refractivity contribution in [1.82, 2.24) is 20.3 Å². The number of rotatable bonds is 9. The van der Waals surface area contributed by atoms with Gasteiger partial charge in [-0.05, 0) is 31.9 Å². The molecule has 0 unspecified atom stereocenters. The van der Waals surface area contributed by atoms with Gasteiger partial charge in [0.1, 0.15) is 5.82 Å². The molecule has 1 aliphatic rings. The fraction of sp³-hybridized carbons (Fsp3) is 0.300. The molecule has 0 bridgehead atoms. The summed E-state index contributed by atoms with van der Waals surface area (Å²) in [7, 11) is -3.40. The zero-order chi connectivity index (χ0) is 22.7. The van der Waals surface area contributed by atoms with E-state index in [0.29, 0.717) is 42.3 Å². The minimum absolute atomic E-state index is 0.0313. The zero-order valence-corrected chi connectivity index (χ0v) is 18.7. The normalized spacial score (nSPS) is 13.6. The summed E-state index contributed by atoms with van der Waals surface area (Å²) in [6.07, 6.45) is 4.25. The van der Waals surface area contributed by atoms with Crippen LogP contribution in [0.3, 0.4) is 0 Å². The number of ether oxygens (including phenoxy) is 1. The smallest absolute Gasteiger partial charge is 0.254 e. The first-order valence-corrected chi connectivity index (χ1v) is 12.3. The predicted octanol–water partition coefficient (Wildman–Crippen LogP) is 2.97. The lowest BCUT2D eigenvalue weighted by Gasteiger charge is -2.08. The van der Waals surface area contributed by atoms with Crippen LogP contribution < -0.4 is 14.8 Å². The summed E-state index contributed by atoms with van der Waals surface area (Å²) >= 11 is 1.13. The van der Waals surface area contributed by atoms with Crippen molar-refractivity contribution in [2.75, 3.05) is 11.3 Å². The van der Waals surface area contributed by atoms with E-state index in [1.54, 1.807) is 11.4 Å². The minimum atomic E-state index is -3.40. The van der Waals surface area contributed by atoms with Gasteiger partial charge >= 0.3 is 0 Å². The highest BCUT2D eigenvalue weighted by molar-refractivity contribution is 7.93. The van der Waals surface area contributed by atoms with Crippen molar-refractivity contribution in [2.24, 2.45) is 0 Å². The highest BCUT2D eigenvalue weighted by Crippen LogP contribution is 2.30. The van der Waals surface area contributed by atoms with Gasteiger partial charge in [-0.2, -0.15) is 0 Å². The maximum Gasteiger partial charge on any atom is 0.254 e. The first-order chi connectivity index (χ1) is 15.4. The summed E-state index contributed by atoms with van der Waals surface area (Å²) in [5, 5.41) is 4.11. The number of halogens is 1. The number of nitrogens with one attached hydrogen (secondary N) is 2. The molecule has 1 aromatic carbocycles. The third-order valence-corrected chi connectivity index (χ3v) is 7.35. The summed E-state index contributed by atoms with van der Waals surface area (Å²) in [5.74, 6) is -0.995. The van der Waals surface area contributed by atoms with Crippen LogP contribution >= 0.6 is 11.3 Å². The van der Waals surface area contributed by atoms with E-state index < -0.39 is 21.7 Å². The number of anilines is 1. The van der Waals surface area contributed by atoms with Crippen molar-refractivity contribution in [3.63, 3.8) is 0 Å². The number of nitrogens with zero attached hydrogens (tertiary/aromatic N) is 3. The second kappa shape index (κ2) is 9.17. The van der Waals surface area contributed by atoms with Gasteiger partial charge in [0.05, 0.1) is 47.7 Å². The molecule has 4 rings (SSSR count). The van der Waals surface area contributed by atoms with E-state index in [-0.39, 0.29) is 22.5 Å². The second-order valence-electron chi connectivity index (χ2n) is 7.04. The Bertz CT molecular complexity index is 1240. The van der Waals surface area contributed by atoms with Gasteiger partial charge in [0.2, 0.25) is 15.9 Å². The quantitative estimate of drug-likeness (QED) is 0.486. The van der Waals surface area contributed by atoms with Gasteiger partial charge in [-0.3, -0.25) is 14.5 Å². The van der Waals surface area contributed by atoms with Crippen LogP contribution in [0.15, 0.2) is 36.0 Å². The standard InChI is InChI=1S/C20H20FN5O4S2/c1-2-30-18-10-22-9-17(25-18)12-3-6-15(16(21)7-12)19(27)23-8-13-11-31-20(24-13)26-32(28,29)14-4-5-14/h3,6-7,9-11,14H,2,4-5,8H2,1H3,(H,23,27)(H,24,26). The summed E-state index contributed by atoms with van der Waals surface area (Å²) in [6, 6.07) is 4.15. The van der Waals surface area contributed by atoms with E-state index in [4.69, 9.17) is 4.74 Å². The van der Waals surface area contributed by atoms with Crippen molar-refractivity contribution < 1.29 is 22.3 Å². The van der Waals surface area contributed by atoms with E-state index in [2.05, 4.69) is 25.0 Å². The lowest BCUT2D eigenvalue weighted by molar-refractivity contribution is 0.0946. The van der Waals surface area contributed by atoms with E-state index >= 15 is 0 Å².